The van der Waals surface area contributed by atoms with Crippen LogP contribution in [0, 0.1) is 17.1 Å². The van der Waals surface area contributed by atoms with Crippen molar-refractivity contribution in [3.8, 4) is 17.3 Å². The van der Waals surface area contributed by atoms with Gasteiger partial charge in [-0.25, -0.2) is 19.0 Å². The van der Waals surface area contributed by atoms with Crippen LogP contribution in [0.4, 0.5) is 9.52 Å². The van der Waals surface area contributed by atoms with Crippen LogP contribution < -0.4 is 5.01 Å². The first-order valence-corrected chi connectivity index (χ1v) is 7.88. The van der Waals surface area contributed by atoms with Crippen molar-refractivity contribution in [2.24, 2.45) is 0 Å². The van der Waals surface area contributed by atoms with Gasteiger partial charge >= 0.3 is 0 Å². The van der Waals surface area contributed by atoms with Crippen LogP contribution in [0.5, 0.6) is 0 Å². The second kappa shape index (κ2) is 6.18. The van der Waals surface area contributed by atoms with Gasteiger partial charge in [0.1, 0.15) is 28.3 Å². The van der Waals surface area contributed by atoms with E-state index in [1.165, 1.54) is 23.5 Å². The molecule has 1 aromatic carbocycles. The highest BCUT2D eigenvalue weighted by atomic mass is 32.1. The van der Waals surface area contributed by atoms with E-state index < -0.39 is 0 Å². The standard InChI is InChI=1S/C16H14FN5S/c1-3-14-19-8-9-22(14)21(2)16-20-15(13(10-18)23-16)11-4-6-12(17)7-5-11/h4-9H,3H2,1-2H3. The number of benzene rings is 1. The van der Waals surface area contributed by atoms with E-state index in [-0.39, 0.29) is 5.82 Å². The van der Waals surface area contributed by atoms with Crippen molar-refractivity contribution in [3.05, 3.63) is 53.2 Å². The van der Waals surface area contributed by atoms with Gasteiger partial charge in [0, 0.05) is 31.4 Å². The molecule has 0 saturated heterocycles. The highest BCUT2D eigenvalue weighted by Crippen LogP contribution is 2.32. The fourth-order valence-corrected chi connectivity index (χ4v) is 3.12. The van der Waals surface area contributed by atoms with Gasteiger partial charge in [0.15, 0.2) is 0 Å². The molecule has 0 saturated carbocycles. The predicted molar refractivity (Wildman–Crippen MR) is 87.6 cm³/mol. The number of nitriles is 1. The average Bonchev–Trinajstić information content (AvgIpc) is 3.21. The van der Waals surface area contributed by atoms with Crippen LogP contribution in [0.1, 0.15) is 17.6 Å². The molecule has 3 rings (SSSR count). The summed E-state index contributed by atoms with van der Waals surface area (Å²) >= 11 is 1.30. The minimum absolute atomic E-state index is 0.314. The molecule has 0 spiro atoms. The van der Waals surface area contributed by atoms with Crippen molar-refractivity contribution >= 4 is 16.5 Å². The number of nitrogens with zero attached hydrogens (tertiary/aromatic N) is 5. The molecule has 23 heavy (non-hydrogen) atoms. The van der Waals surface area contributed by atoms with Crippen molar-refractivity contribution in [3.63, 3.8) is 0 Å². The van der Waals surface area contributed by atoms with E-state index in [0.717, 1.165) is 17.8 Å². The zero-order chi connectivity index (χ0) is 16.4. The lowest BCUT2D eigenvalue weighted by Gasteiger charge is -2.18. The van der Waals surface area contributed by atoms with Gasteiger partial charge in [-0.1, -0.05) is 18.3 Å². The second-order valence-electron chi connectivity index (χ2n) is 4.86. The third-order valence-electron chi connectivity index (χ3n) is 3.45. The number of anilines is 1. The first kappa shape index (κ1) is 15.2. The molecule has 2 heterocycles. The van der Waals surface area contributed by atoms with Crippen molar-refractivity contribution in [2.75, 3.05) is 12.1 Å². The third-order valence-corrected chi connectivity index (χ3v) is 4.47. The summed E-state index contributed by atoms with van der Waals surface area (Å²) < 4.78 is 15.0. The van der Waals surface area contributed by atoms with Crippen molar-refractivity contribution < 1.29 is 4.39 Å². The van der Waals surface area contributed by atoms with Gasteiger partial charge in [-0.2, -0.15) is 5.26 Å². The van der Waals surface area contributed by atoms with E-state index in [0.29, 0.717) is 15.7 Å². The largest absolute Gasteiger partial charge is 0.257 e. The Balaban J connectivity index is 2.02. The van der Waals surface area contributed by atoms with E-state index in [9.17, 15) is 9.65 Å². The van der Waals surface area contributed by atoms with E-state index in [1.807, 2.05) is 29.9 Å². The zero-order valence-electron chi connectivity index (χ0n) is 12.7. The summed E-state index contributed by atoms with van der Waals surface area (Å²) in [6.45, 7) is 2.03. The summed E-state index contributed by atoms with van der Waals surface area (Å²) in [5.74, 6) is 0.593. The molecule has 0 aliphatic rings. The Morgan fingerprint density at radius 2 is 2.09 bits per heavy atom. The van der Waals surface area contributed by atoms with Gasteiger partial charge in [0.25, 0.3) is 0 Å². The van der Waals surface area contributed by atoms with Crippen molar-refractivity contribution in [1.29, 1.82) is 5.26 Å². The van der Waals surface area contributed by atoms with Crippen molar-refractivity contribution in [2.45, 2.75) is 13.3 Å². The molecule has 7 heteroatoms. The van der Waals surface area contributed by atoms with Crippen LogP contribution in [-0.2, 0) is 6.42 Å². The van der Waals surface area contributed by atoms with Crippen LogP contribution in [0.2, 0.25) is 0 Å². The summed E-state index contributed by atoms with van der Waals surface area (Å²) in [5, 5.41) is 11.9. The molecular formula is C16H14FN5S. The molecule has 116 valence electrons. The minimum atomic E-state index is -0.314. The summed E-state index contributed by atoms with van der Waals surface area (Å²) in [5.41, 5.74) is 1.29. The SMILES string of the molecule is CCc1nccn1N(C)c1nc(-c2ccc(F)cc2)c(C#N)s1. The van der Waals surface area contributed by atoms with E-state index in [1.54, 1.807) is 18.3 Å². The van der Waals surface area contributed by atoms with E-state index >= 15 is 0 Å². The average molecular weight is 327 g/mol. The summed E-state index contributed by atoms with van der Waals surface area (Å²) in [7, 11) is 1.87. The van der Waals surface area contributed by atoms with E-state index in [4.69, 9.17) is 0 Å². The molecule has 0 fully saturated rings. The number of rotatable bonds is 4. The maximum absolute atomic E-state index is 13.1. The number of imidazole rings is 1. The fraction of sp³-hybridized carbons (Fsp3) is 0.188. The maximum atomic E-state index is 13.1. The molecule has 3 aromatic rings. The second-order valence-corrected chi connectivity index (χ2v) is 5.84. The molecule has 2 aromatic heterocycles. The van der Waals surface area contributed by atoms with Gasteiger partial charge in [0.05, 0.1) is 0 Å². The molecule has 0 atom stereocenters. The normalized spacial score (nSPS) is 10.5. The number of thiazole rings is 1. The Kier molecular flexibility index (Phi) is 4.08. The van der Waals surface area contributed by atoms with Crippen molar-refractivity contribution in [1.82, 2.24) is 14.6 Å². The molecule has 5 nitrogen and oxygen atoms in total. The van der Waals surface area contributed by atoms with Gasteiger partial charge in [-0.3, -0.25) is 5.01 Å². The van der Waals surface area contributed by atoms with Crippen LogP contribution in [-0.4, -0.2) is 21.7 Å². The maximum Gasteiger partial charge on any atom is 0.206 e. The summed E-state index contributed by atoms with van der Waals surface area (Å²) in [4.78, 5) is 9.35. The number of hydrogen-bond acceptors (Lipinski definition) is 5. The number of aromatic nitrogens is 3. The zero-order valence-corrected chi connectivity index (χ0v) is 13.5. The summed E-state index contributed by atoms with van der Waals surface area (Å²) in [6, 6.07) is 8.16. The van der Waals surface area contributed by atoms with Crippen LogP contribution in [0.15, 0.2) is 36.7 Å². The number of hydrogen-bond donors (Lipinski definition) is 0. The van der Waals surface area contributed by atoms with Crippen LogP contribution in [0.3, 0.4) is 0 Å². The Morgan fingerprint density at radius 1 is 1.35 bits per heavy atom. The molecule has 0 amide bonds. The topological polar surface area (TPSA) is 57.7 Å². The quantitative estimate of drug-likeness (QED) is 0.736. The Bertz CT molecular complexity index is 859. The Labute approximate surface area is 137 Å². The van der Waals surface area contributed by atoms with Gasteiger partial charge in [-0.05, 0) is 24.3 Å². The van der Waals surface area contributed by atoms with Gasteiger partial charge in [0.2, 0.25) is 5.13 Å². The Morgan fingerprint density at radius 3 is 2.74 bits per heavy atom. The van der Waals surface area contributed by atoms with Gasteiger partial charge in [-0.15, -0.1) is 0 Å². The monoisotopic (exact) mass is 327 g/mol. The smallest absolute Gasteiger partial charge is 0.206 e. The predicted octanol–water partition coefficient (Wildman–Crippen LogP) is 3.48. The first-order chi connectivity index (χ1) is 11.1. The number of halogens is 1. The van der Waals surface area contributed by atoms with Crippen LogP contribution in [0.25, 0.3) is 11.3 Å². The lowest BCUT2D eigenvalue weighted by atomic mass is 10.1. The molecule has 0 aliphatic carbocycles. The lowest BCUT2D eigenvalue weighted by molar-refractivity contribution is 0.628. The lowest BCUT2D eigenvalue weighted by Crippen LogP contribution is -2.25. The minimum Gasteiger partial charge on any atom is -0.257 e. The first-order valence-electron chi connectivity index (χ1n) is 7.07. The molecule has 0 radical (unpaired) electrons. The molecule has 0 N–H and O–H groups in total. The molecule has 0 unspecified atom stereocenters. The summed E-state index contributed by atoms with van der Waals surface area (Å²) in [6.07, 6.45) is 4.37. The van der Waals surface area contributed by atoms with Gasteiger partial charge < -0.3 is 0 Å². The number of aryl methyl sites for hydroxylation is 1. The highest BCUT2D eigenvalue weighted by Gasteiger charge is 2.17. The third kappa shape index (κ3) is 2.81. The molecule has 0 bridgehead atoms. The molecule has 0 aliphatic heterocycles. The highest BCUT2D eigenvalue weighted by molar-refractivity contribution is 7.16. The molecular weight excluding hydrogens is 313 g/mol. The van der Waals surface area contributed by atoms with Crippen LogP contribution >= 0.6 is 11.3 Å². The fourth-order valence-electron chi connectivity index (χ4n) is 2.27. The van der Waals surface area contributed by atoms with E-state index in [2.05, 4.69) is 16.0 Å². The Hall–Kier alpha value is -2.72.